The monoisotopic (exact) mass is 353 g/mol. The number of aromatic nitrogens is 3. The van der Waals surface area contributed by atoms with E-state index < -0.39 is 10.9 Å². The number of non-ortho nitro benzene ring substituents is 1. The second kappa shape index (κ2) is 8.29. The Morgan fingerprint density at radius 2 is 1.88 bits per heavy atom. The van der Waals surface area contributed by atoms with Crippen LogP contribution in [-0.2, 0) is 0 Å². The van der Waals surface area contributed by atoms with Crippen molar-refractivity contribution in [1.29, 1.82) is 0 Å². The predicted octanol–water partition coefficient (Wildman–Crippen LogP) is 2.72. The predicted molar refractivity (Wildman–Crippen MR) is 94.5 cm³/mol. The highest BCUT2D eigenvalue weighted by molar-refractivity contribution is 5.87. The molecule has 1 aromatic carbocycles. The summed E-state index contributed by atoms with van der Waals surface area (Å²) in [6, 6.07) is 10.4. The number of nitrogen functional groups attached to an aromatic ring is 1. The van der Waals surface area contributed by atoms with E-state index in [4.69, 9.17) is 10.8 Å². The molecule has 26 heavy (non-hydrogen) atoms. The smallest absolute Gasteiger partial charge is 0.335 e. The molecule has 0 spiro atoms. The number of aromatic carboxylic acids is 1. The van der Waals surface area contributed by atoms with Gasteiger partial charge in [-0.2, -0.15) is 0 Å². The number of carboxylic acids is 1. The van der Waals surface area contributed by atoms with Gasteiger partial charge in [0.1, 0.15) is 0 Å². The van der Waals surface area contributed by atoms with Crippen LogP contribution >= 0.6 is 0 Å². The van der Waals surface area contributed by atoms with E-state index in [0.717, 1.165) is 29.1 Å². The van der Waals surface area contributed by atoms with Crippen LogP contribution in [0.2, 0.25) is 0 Å². The molecule has 9 nitrogen and oxygen atoms in total. The number of hydrogen-bond donors (Lipinski definition) is 2. The molecule has 132 valence electrons. The maximum atomic E-state index is 10.3. The number of pyridine rings is 1. The van der Waals surface area contributed by atoms with Crippen molar-refractivity contribution in [3.8, 4) is 11.3 Å². The lowest BCUT2D eigenvalue weighted by Gasteiger charge is -2.01. The Kier molecular flexibility index (Phi) is 5.88. The summed E-state index contributed by atoms with van der Waals surface area (Å²) in [6.07, 6.45) is 3.47. The lowest BCUT2D eigenvalue weighted by atomic mass is 10.2. The summed E-state index contributed by atoms with van der Waals surface area (Å²) in [7, 11) is 0. The maximum Gasteiger partial charge on any atom is 0.335 e. The highest BCUT2D eigenvalue weighted by Gasteiger charge is 2.06. The van der Waals surface area contributed by atoms with Crippen molar-refractivity contribution >= 4 is 17.6 Å². The SMILES string of the molecule is Cc1cc(-c2cccnc2)nc(N)n1.O=C(O)c1ccc([N+](=O)[O-])cc1. The van der Waals surface area contributed by atoms with E-state index in [9.17, 15) is 14.9 Å². The van der Waals surface area contributed by atoms with E-state index in [1.807, 2.05) is 25.1 Å². The van der Waals surface area contributed by atoms with Crippen molar-refractivity contribution in [2.45, 2.75) is 6.92 Å². The lowest BCUT2D eigenvalue weighted by Crippen LogP contribution is -1.98. The van der Waals surface area contributed by atoms with Crippen LogP contribution in [0.15, 0.2) is 54.9 Å². The van der Waals surface area contributed by atoms with Crippen molar-refractivity contribution in [2.75, 3.05) is 5.73 Å². The van der Waals surface area contributed by atoms with Crippen LogP contribution in [0.3, 0.4) is 0 Å². The molecule has 0 aliphatic rings. The van der Waals surface area contributed by atoms with Crippen molar-refractivity contribution in [3.05, 3.63) is 76.2 Å². The molecule has 2 heterocycles. The van der Waals surface area contributed by atoms with Crippen LogP contribution in [0, 0.1) is 17.0 Å². The van der Waals surface area contributed by atoms with E-state index >= 15 is 0 Å². The molecule has 9 heteroatoms. The Labute approximate surface area is 148 Å². The number of nitrogens with zero attached hydrogens (tertiary/aromatic N) is 4. The van der Waals surface area contributed by atoms with E-state index in [1.165, 1.54) is 12.1 Å². The molecular formula is C17H15N5O4. The van der Waals surface area contributed by atoms with Crippen LogP contribution in [0.25, 0.3) is 11.3 Å². The fourth-order valence-electron chi connectivity index (χ4n) is 1.98. The molecule has 0 radical (unpaired) electrons. The fraction of sp³-hybridized carbons (Fsp3) is 0.0588. The Balaban J connectivity index is 0.000000190. The summed E-state index contributed by atoms with van der Waals surface area (Å²) < 4.78 is 0. The Morgan fingerprint density at radius 1 is 1.19 bits per heavy atom. The van der Waals surface area contributed by atoms with Gasteiger partial charge in [-0.15, -0.1) is 0 Å². The van der Waals surface area contributed by atoms with Crippen molar-refractivity contribution in [1.82, 2.24) is 15.0 Å². The van der Waals surface area contributed by atoms with Gasteiger partial charge in [-0.05, 0) is 37.3 Å². The van der Waals surface area contributed by atoms with Gasteiger partial charge < -0.3 is 10.8 Å². The summed E-state index contributed by atoms with van der Waals surface area (Å²) in [4.78, 5) is 32.0. The number of nitro benzene ring substituents is 1. The van der Waals surface area contributed by atoms with Gasteiger partial charge in [-0.25, -0.2) is 14.8 Å². The fourth-order valence-corrected chi connectivity index (χ4v) is 1.98. The number of rotatable bonds is 3. The van der Waals surface area contributed by atoms with E-state index in [-0.39, 0.29) is 11.3 Å². The van der Waals surface area contributed by atoms with E-state index in [1.54, 1.807) is 12.4 Å². The Hall–Kier alpha value is -3.88. The largest absolute Gasteiger partial charge is 0.478 e. The summed E-state index contributed by atoms with van der Waals surface area (Å²) in [5.41, 5.74) is 8.10. The average molecular weight is 353 g/mol. The molecule has 3 rings (SSSR count). The summed E-state index contributed by atoms with van der Waals surface area (Å²) in [5, 5.41) is 18.6. The zero-order valence-electron chi connectivity index (χ0n) is 13.7. The first-order chi connectivity index (χ1) is 12.4. The highest BCUT2D eigenvalue weighted by atomic mass is 16.6. The Morgan fingerprint density at radius 3 is 2.38 bits per heavy atom. The molecule has 2 aromatic heterocycles. The first kappa shape index (κ1) is 18.5. The molecule has 0 aliphatic carbocycles. The van der Waals surface area contributed by atoms with Gasteiger partial charge in [-0.1, -0.05) is 0 Å². The van der Waals surface area contributed by atoms with Crippen LogP contribution < -0.4 is 5.73 Å². The topological polar surface area (TPSA) is 145 Å². The summed E-state index contributed by atoms with van der Waals surface area (Å²) in [5.74, 6) is -0.797. The molecule has 0 aliphatic heterocycles. The highest BCUT2D eigenvalue weighted by Crippen LogP contribution is 2.16. The Bertz CT molecular complexity index is 861. The first-order valence-electron chi connectivity index (χ1n) is 7.36. The molecule has 0 amide bonds. The molecule has 0 bridgehead atoms. The van der Waals surface area contributed by atoms with Gasteiger partial charge in [0.15, 0.2) is 0 Å². The number of carboxylic acid groups (broad SMARTS) is 1. The minimum atomic E-state index is -1.09. The molecule has 0 saturated heterocycles. The number of benzene rings is 1. The van der Waals surface area contributed by atoms with E-state index in [2.05, 4.69) is 15.0 Å². The molecule has 0 fully saturated rings. The standard InChI is InChI=1S/C10H10N4.C7H5NO4/c1-7-5-9(14-10(11)13-7)8-3-2-4-12-6-8;9-7(10)5-1-3-6(4-2-5)8(11)12/h2-6H,1H3,(H2,11,13,14);1-4H,(H,9,10). The molecule has 0 unspecified atom stereocenters. The maximum absolute atomic E-state index is 10.3. The number of carbonyl (C=O) groups is 1. The minimum absolute atomic E-state index is 0.0422. The van der Waals surface area contributed by atoms with Crippen molar-refractivity contribution in [3.63, 3.8) is 0 Å². The zero-order chi connectivity index (χ0) is 19.1. The summed E-state index contributed by atoms with van der Waals surface area (Å²) in [6.45, 7) is 1.89. The van der Waals surface area contributed by atoms with Gasteiger partial charge in [0.2, 0.25) is 5.95 Å². The van der Waals surface area contributed by atoms with Gasteiger partial charge in [0, 0.05) is 35.8 Å². The number of hydrogen-bond acceptors (Lipinski definition) is 7. The minimum Gasteiger partial charge on any atom is -0.478 e. The second-order valence-corrected chi connectivity index (χ2v) is 5.10. The lowest BCUT2D eigenvalue weighted by molar-refractivity contribution is -0.384. The van der Waals surface area contributed by atoms with Gasteiger partial charge in [-0.3, -0.25) is 15.1 Å². The van der Waals surface area contributed by atoms with E-state index in [0.29, 0.717) is 5.95 Å². The molecule has 3 N–H and O–H groups in total. The number of nitro groups is 1. The molecular weight excluding hydrogens is 338 g/mol. The normalized spacial score (nSPS) is 9.73. The second-order valence-electron chi connectivity index (χ2n) is 5.10. The number of anilines is 1. The van der Waals surface area contributed by atoms with Gasteiger partial charge in [0.25, 0.3) is 5.69 Å². The van der Waals surface area contributed by atoms with Crippen LogP contribution in [0.5, 0.6) is 0 Å². The molecule has 0 atom stereocenters. The third kappa shape index (κ3) is 5.06. The van der Waals surface area contributed by atoms with Crippen molar-refractivity contribution < 1.29 is 14.8 Å². The van der Waals surface area contributed by atoms with Crippen LogP contribution in [0.4, 0.5) is 11.6 Å². The zero-order valence-corrected chi connectivity index (χ0v) is 13.7. The summed E-state index contributed by atoms with van der Waals surface area (Å²) >= 11 is 0. The molecule has 0 saturated carbocycles. The van der Waals surface area contributed by atoms with Crippen LogP contribution in [0.1, 0.15) is 16.1 Å². The quantitative estimate of drug-likeness (QED) is 0.540. The first-order valence-corrected chi connectivity index (χ1v) is 7.36. The van der Waals surface area contributed by atoms with Gasteiger partial charge in [0.05, 0.1) is 16.2 Å². The third-order valence-corrected chi connectivity index (χ3v) is 3.15. The number of nitrogens with two attached hydrogens (primary N) is 1. The average Bonchev–Trinajstić information content (AvgIpc) is 2.62. The number of aryl methyl sites for hydroxylation is 1. The van der Waals surface area contributed by atoms with Crippen molar-refractivity contribution in [2.24, 2.45) is 0 Å². The molecule has 3 aromatic rings. The third-order valence-electron chi connectivity index (χ3n) is 3.15. The van der Waals surface area contributed by atoms with Gasteiger partial charge >= 0.3 is 5.97 Å². The van der Waals surface area contributed by atoms with Crippen LogP contribution in [-0.4, -0.2) is 31.0 Å².